The highest BCUT2D eigenvalue weighted by atomic mass is 32.1. The molecule has 5 rings (SSSR count). The molecule has 1 fully saturated rings. The van der Waals surface area contributed by atoms with Crippen molar-refractivity contribution >= 4 is 23.2 Å². The molecule has 2 aliphatic rings. The number of piperidine rings is 1. The zero-order valence-corrected chi connectivity index (χ0v) is 16.8. The number of fused-ring (bicyclic) bond motifs is 4. The molecule has 0 spiro atoms. The molecule has 0 radical (unpaired) electrons. The summed E-state index contributed by atoms with van der Waals surface area (Å²) in [4.78, 5) is 33.5. The molecule has 1 N–H and O–H groups in total. The van der Waals surface area contributed by atoms with Crippen molar-refractivity contribution in [3.63, 3.8) is 0 Å². The normalized spacial score (nSPS) is 22.9. The van der Waals surface area contributed by atoms with Gasteiger partial charge in [0, 0.05) is 48.5 Å². The molecule has 0 aliphatic carbocycles. The van der Waals surface area contributed by atoms with Crippen LogP contribution in [0.25, 0.3) is 0 Å². The Morgan fingerprint density at radius 1 is 1.31 bits per heavy atom. The summed E-state index contributed by atoms with van der Waals surface area (Å²) < 4.78 is 6.84. The van der Waals surface area contributed by atoms with Crippen molar-refractivity contribution in [2.24, 2.45) is 5.92 Å². The van der Waals surface area contributed by atoms with E-state index in [0.29, 0.717) is 31.5 Å². The van der Waals surface area contributed by atoms with E-state index in [4.69, 9.17) is 4.52 Å². The second-order valence-electron chi connectivity index (χ2n) is 7.61. The number of carbonyl (C=O) groups excluding carboxylic acids is 1. The van der Waals surface area contributed by atoms with Gasteiger partial charge in [-0.25, -0.2) is 0 Å². The Morgan fingerprint density at radius 3 is 2.97 bits per heavy atom. The number of thiophene rings is 1. The minimum atomic E-state index is -0.550. The summed E-state index contributed by atoms with van der Waals surface area (Å²) in [6.45, 7) is 3.53. The van der Waals surface area contributed by atoms with Crippen LogP contribution in [0, 0.1) is 12.8 Å². The summed E-state index contributed by atoms with van der Waals surface area (Å²) >= 11 is 1.60. The van der Waals surface area contributed by atoms with Gasteiger partial charge in [0.2, 0.25) is 11.8 Å². The van der Waals surface area contributed by atoms with Gasteiger partial charge in [-0.3, -0.25) is 14.2 Å². The number of nitrogens with zero attached hydrogens (tertiary/aromatic N) is 4. The van der Waals surface area contributed by atoms with Gasteiger partial charge in [0.1, 0.15) is 6.04 Å². The first-order valence-corrected chi connectivity index (χ1v) is 10.5. The van der Waals surface area contributed by atoms with E-state index < -0.39 is 6.04 Å². The first-order valence-electron chi connectivity index (χ1n) is 9.67. The molecule has 150 valence electrons. The molecule has 0 saturated carbocycles. The monoisotopic (exact) mass is 411 g/mol. The Kier molecular flexibility index (Phi) is 4.46. The highest BCUT2D eigenvalue weighted by Gasteiger charge is 2.44. The van der Waals surface area contributed by atoms with Gasteiger partial charge in [0.25, 0.3) is 11.5 Å². The van der Waals surface area contributed by atoms with E-state index in [1.54, 1.807) is 28.9 Å². The fourth-order valence-electron chi connectivity index (χ4n) is 4.54. The summed E-state index contributed by atoms with van der Waals surface area (Å²) in [5.74, 6) is 1.06. The molecule has 1 saturated heterocycles. The maximum Gasteiger partial charge on any atom is 0.266 e. The van der Waals surface area contributed by atoms with Crippen LogP contribution < -0.4 is 15.8 Å². The lowest BCUT2D eigenvalue weighted by Crippen LogP contribution is -2.53. The van der Waals surface area contributed by atoms with E-state index in [1.165, 1.54) is 6.07 Å². The summed E-state index contributed by atoms with van der Waals surface area (Å²) in [7, 11) is 0. The van der Waals surface area contributed by atoms with E-state index in [2.05, 4.69) is 20.4 Å². The molecule has 5 heterocycles. The van der Waals surface area contributed by atoms with Crippen molar-refractivity contribution in [3.05, 3.63) is 62.5 Å². The molecule has 2 bridgehead atoms. The number of amides is 1. The Labute approximate surface area is 171 Å². The van der Waals surface area contributed by atoms with Crippen molar-refractivity contribution in [1.29, 1.82) is 0 Å². The highest BCUT2D eigenvalue weighted by Crippen LogP contribution is 2.42. The first-order chi connectivity index (χ1) is 14.1. The molecule has 29 heavy (non-hydrogen) atoms. The third-order valence-corrected chi connectivity index (χ3v) is 6.61. The number of carbonyl (C=O) groups is 1. The van der Waals surface area contributed by atoms with Crippen molar-refractivity contribution in [1.82, 2.24) is 20.0 Å². The third-order valence-electron chi connectivity index (χ3n) is 5.73. The molecule has 0 unspecified atom stereocenters. The fraction of sp³-hybridized carbons (Fsp3) is 0.400. The second-order valence-corrected chi connectivity index (χ2v) is 8.64. The van der Waals surface area contributed by atoms with Gasteiger partial charge in [0.05, 0.1) is 6.54 Å². The molecule has 3 aromatic heterocycles. The van der Waals surface area contributed by atoms with Crippen LogP contribution in [0.2, 0.25) is 0 Å². The average Bonchev–Trinajstić information content (AvgIpc) is 3.39. The predicted molar refractivity (Wildman–Crippen MR) is 108 cm³/mol. The van der Waals surface area contributed by atoms with Gasteiger partial charge in [-0.05, 0) is 29.1 Å². The van der Waals surface area contributed by atoms with E-state index >= 15 is 0 Å². The number of aryl methyl sites for hydroxylation is 1. The highest BCUT2D eigenvalue weighted by molar-refractivity contribution is 7.09. The van der Waals surface area contributed by atoms with Crippen LogP contribution in [-0.4, -0.2) is 33.7 Å². The molecule has 2 aliphatic heterocycles. The van der Waals surface area contributed by atoms with Crippen molar-refractivity contribution < 1.29 is 9.32 Å². The van der Waals surface area contributed by atoms with Gasteiger partial charge < -0.3 is 14.7 Å². The Morgan fingerprint density at radius 2 is 2.21 bits per heavy atom. The van der Waals surface area contributed by atoms with Crippen LogP contribution in [0.15, 0.2) is 45.0 Å². The van der Waals surface area contributed by atoms with Crippen LogP contribution in [-0.2, 0) is 11.3 Å². The van der Waals surface area contributed by atoms with Crippen molar-refractivity contribution in [2.45, 2.75) is 31.8 Å². The van der Waals surface area contributed by atoms with Crippen LogP contribution in [0.5, 0.6) is 0 Å². The molecule has 3 atom stereocenters. The standard InChI is InChI=1S/C20H21N5O3S/c1-12-22-20(23-28-12)24-10-13-8-14(11-24)18(25-16(13)5-2-6-17(25)26)19(27)21-9-15-4-3-7-29-15/h2-7,13-14,18H,8-11H2,1H3,(H,21,27)/t13-,14+,18+/m0/s1. The molecule has 9 heteroatoms. The number of nitrogens with one attached hydrogen (secondary N) is 1. The average molecular weight is 411 g/mol. The fourth-order valence-corrected chi connectivity index (χ4v) is 5.19. The number of pyridine rings is 1. The van der Waals surface area contributed by atoms with Gasteiger partial charge in [-0.1, -0.05) is 12.1 Å². The largest absolute Gasteiger partial charge is 0.349 e. The van der Waals surface area contributed by atoms with E-state index in [1.807, 2.05) is 23.6 Å². The van der Waals surface area contributed by atoms with E-state index in [-0.39, 0.29) is 23.3 Å². The van der Waals surface area contributed by atoms with Crippen molar-refractivity contribution in [2.75, 3.05) is 18.0 Å². The van der Waals surface area contributed by atoms with Gasteiger partial charge in [-0.15, -0.1) is 11.3 Å². The summed E-state index contributed by atoms with van der Waals surface area (Å²) in [5.41, 5.74) is 0.771. The zero-order valence-electron chi connectivity index (χ0n) is 15.9. The number of hydrogen-bond donors (Lipinski definition) is 1. The van der Waals surface area contributed by atoms with Gasteiger partial charge in [-0.2, -0.15) is 4.98 Å². The van der Waals surface area contributed by atoms with Gasteiger partial charge in [0.15, 0.2) is 0 Å². The Hall–Kier alpha value is -2.94. The maximum atomic E-state index is 13.2. The molecule has 3 aromatic rings. The van der Waals surface area contributed by atoms with Gasteiger partial charge >= 0.3 is 0 Å². The van der Waals surface area contributed by atoms with Crippen LogP contribution >= 0.6 is 11.3 Å². The lowest BCUT2D eigenvalue weighted by Gasteiger charge is -2.45. The SMILES string of the molecule is Cc1nc(N2C[C@@H]3C[C@H](C2)[C@H](C(=O)NCc2cccs2)n2c3cccc2=O)no1. The minimum absolute atomic E-state index is 0.0107. The summed E-state index contributed by atoms with van der Waals surface area (Å²) in [6.07, 6.45) is 0.855. The Balaban J connectivity index is 1.48. The molecule has 8 nitrogen and oxygen atoms in total. The van der Waals surface area contributed by atoms with Crippen LogP contribution in [0.4, 0.5) is 5.95 Å². The summed E-state index contributed by atoms with van der Waals surface area (Å²) in [6, 6.07) is 8.65. The molecule has 1 amide bonds. The first kappa shape index (κ1) is 18.1. The van der Waals surface area contributed by atoms with Crippen LogP contribution in [0.3, 0.4) is 0 Å². The maximum absolute atomic E-state index is 13.2. The topological polar surface area (TPSA) is 93.3 Å². The quantitative estimate of drug-likeness (QED) is 0.707. The van der Waals surface area contributed by atoms with Crippen LogP contribution in [0.1, 0.15) is 34.8 Å². The second kappa shape index (κ2) is 7.14. The van der Waals surface area contributed by atoms with Crippen molar-refractivity contribution in [3.8, 4) is 0 Å². The molecular formula is C20H21N5O3S. The number of hydrogen-bond acceptors (Lipinski definition) is 7. The predicted octanol–water partition coefficient (Wildman–Crippen LogP) is 2.08. The summed E-state index contributed by atoms with van der Waals surface area (Å²) in [5, 5.41) is 9.07. The lowest BCUT2D eigenvalue weighted by atomic mass is 9.78. The zero-order chi connectivity index (χ0) is 20.0. The Bertz CT molecular complexity index is 1090. The number of rotatable bonds is 4. The minimum Gasteiger partial charge on any atom is -0.349 e. The smallest absolute Gasteiger partial charge is 0.266 e. The number of aromatic nitrogens is 3. The van der Waals surface area contributed by atoms with E-state index in [9.17, 15) is 9.59 Å². The van der Waals surface area contributed by atoms with E-state index in [0.717, 1.165) is 17.0 Å². The molecule has 0 aromatic carbocycles. The third kappa shape index (κ3) is 3.25. The molecular weight excluding hydrogens is 390 g/mol. The number of anilines is 1. The lowest BCUT2D eigenvalue weighted by molar-refractivity contribution is -0.127.